The monoisotopic (exact) mass is 325 g/mol. The van der Waals surface area contributed by atoms with E-state index >= 15 is 0 Å². The summed E-state index contributed by atoms with van der Waals surface area (Å²) in [5.74, 6) is 1.26. The molecule has 0 aliphatic rings. The zero-order chi connectivity index (χ0) is 16.4. The second-order valence-corrected chi connectivity index (χ2v) is 7.02. The highest BCUT2D eigenvalue weighted by Gasteiger charge is 2.15. The number of hydrogen-bond acceptors (Lipinski definition) is 3. The van der Waals surface area contributed by atoms with E-state index in [-0.39, 0.29) is 5.60 Å². The minimum absolute atomic E-state index is 0.296. The van der Waals surface area contributed by atoms with Crippen LogP contribution >= 0.6 is 0 Å². The third kappa shape index (κ3) is 7.04. The summed E-state index contributed by atoms with van der Waals surface area (Å²) < 4.78 is 17.5. The highest BCUT2D eigenvalue weighted by molar-refractivity contribution is 7.85. The summed E-state index contributed by atoms with van der Waals surface area (Å²) in [6.45, 7) is 7.93. The molecule has 1 aromatic carbocycles. The van der Waals surface area contributed by atoms with Gasteiger partial charge in [0.2, 0.25) is 0 Å². The van der Waals surface area contributed by atoms with Gasteiger partial charge >= 0.3 is 0 Å². The first-order chi connectivity index (χ1) is 10.5. The van der Waals surface area contributed by atoms with Gasteiger partial charge in [-0.1, -0.05) is 18.2 Å². The Labute approximate surface area is 136 Å². The Hall–Kier alpha value is -1.40. The highest BCUT2D eigenvalue weighted by Crippen LogP contribution is 2.07. The molecule has 22 heavy (non-hydrogen) atoms. The lowest BCUT2D eigenvalue weighted by atomic mass is 10.1. The summed E-state index contributed by atoms with van der Waals surface area (Å²) in [6.07, 6.45) is 0. The predicted octanol–water partition coefficient (Wildman–Crippen LogP) is 1.77. The van der Waals surface area contributed by atoms with Crippen LogP contribution in [0.25, 0.3) is 0 Å². The standard InChI is InChI=1S/C16H27N3O2S/c1-5-17-15(19-13-16(2,3)21-4)18-11-12-22(20)14-9-7-6-8-10-14/h6-10H,5,11-13H2,1-4H3,(H2,17,18,19). The van der Waals surface area contributed by atoms with Gasteiger partial charge in [0.15, 0.2) is 5.96 Å². The minimum Gasteiger partial charge on any atom is -0.377 e. The quantitative estimate of drug-likeness (QED) is 0.565. The van der Waals surface area contributed by atoms with E-state index in [0.29, 0.717) is 18.8 Å². The lowest BCUT2D eigenvalue weighted by molar-refractivity contribution is 0.0311. The topological polar surface area (TPSA) is 62.7 Å². The van der Waals surface area contributed by atoms with Crippen LogP contribution in [-0.4, -0.2) is 48.3 Å². The number of guanidine groups is 1. The van der Waals surface area contributed by atoms with Crippen molar-refractivity contribution in [2.24, 2.45) is 4.99 Å². The van der Waals surface area contributed by atoms with Gasteiger partial charge in [0.1, 0.15) is 0 Å². The third-order valence-corrected chi connectivity index (χ3v) is 4.47. The zero-order valence-corrected chi connectivity index (χ0v) is 14.7. The van der Waals surface area contributed by atoms with Crippen LogP contribution in [0.15, 0.2) is 40.2 Å². The average molecular weight is 325 g/mol. The van der Waals surface area contributed by atoms with Gasteiger partial charge < -0.3 is 15.4 Å². The molecule has 1 aromatic rings. The van der Waals surface area contributed by atoms with Crippen LogP contribution in [0.5, 0.6) is 0 Å². The van der Waals surface area contributed by atoms with Crippen molar-refractivity contribution in [3.63, 3.8) is 0 Å². The smallest absolute Gasteiger partial charge is 0.191 e. The van der Waals surface area contributed by atoms with E-state index in [0.717, 1.165) is 17.4 Å². The fourth-order valence-electron chi connectivity index (χ4n) is 1.63. The SMILES string of the molecule is CCNC(=NCC(C)(C)OC)NCCS(=O)c1ccccc1. The number of nitrogens with one attached hydrogen (secondary N) is 2. The molecule has 0 aromatic heterocycles. The van der Waals surface area contributed by atoms with Gasteiger partial charge in [0.05, 0.1) is 22.9 Å². The van der Waals surface area contributed by atoms with Crippen molar-refractivity contribution in [1.82, 2.24) is 10.6 Å². The van der Waals surface area contributed by atoms with Crippen molar-refractivity contribution < 1.29 is 8.95 Å². The number of hydrogen-bond donors (Lipinski definition) is 2. The van der Waals surface area contributed by atoms with Crippen LogP contribution < -0.4 is 10.6 Å². The van der Waals surface area contributed by atoms with Crippen LogP contribution in [0, 0.1) is 0 Å². The largest absolute Gasteiger partial charge is 0.377 e. The van der Waals surface area contributed by atoms with Crippen molar-refractivity contribution in [3.8, 4) is 0 Å². The Morgan fingerprint density at radius 2 is 1.95 bits per heavy atom. The molecule has 0 heterocycles. The summed E-state index contributed by atoms with van der Waals surface area (Å²) in [5.41, 5.74) is -0.296. The Kier molecular flexibility index (Phi) is 8.12. The van der Waals surface area contributed by atoms with Crippen molar-refractivity contribution in [2.75, 3.05) is 32.5 Å². The molecule has 0 spiro atoms. The number of nitrogens with zero attached hydrogens (tertiary/aromatic N) is 1. The maximum absolute atomic E-state index is 12.1. The maximum atomic E-state index is 12.1. The van der Waals surface area contributed by atoms with E-state index in [2.05, 4.69) is 15.6 Å². The summed E-state index contributed by atoms with van der Waals surface area (Å²) in [4.78, 5) is 5.35. The molecule has 124 valence electrons. The summed E-state index contributed by atoms with van der Waals surface area (Å²) in [5, 5.41) is 6.39. The molecule has 1 atom stereocenters. The van der Waals surface area contributed by atoms with Crippen molar-refractivity contribution in [3.05, 3.63) is 30.3 Å². The first-order valence-corrected chi connectivity index (χ1v) is 8.81. The maximum Gasteiger partial charge on any atom is 0.191 e. The van der Waals surface area contributed by atoms with Gasteiger partial charge in [-0.2, -0.15) is 0 Å². The summed E-state index contributed by atoms with van der Waals surface area (Å²) >= 11 is 0. The second kappa shape index (κ2) is 9.58. The number of methoxy groups -OCH3 is 1. The molecule has 0 radical (unpaired) electrons. The van der Waals surface area contributed by atoms with E-state index in [9.17, 15) is 4.21 Å². The average Bonchev–Trinajstić information content (AvgIpc) is 2.53. The molecule has 5 nitrogen and oxygen atoms in total. The van der Waals surface area contributed by atoms with Gasteiger partial charge in [0.25, 0.3) is 0 Å². The molecular weight excluding hydrogens is 298 g/mol. The Bertz CT molecular complexity index is 489. The Morgan fingerprint density at radius 3 is 2.55 bits per heavy atom. The molecule has 0 saturated carbocycles. The fraction of sp³-hybridized carbons (Fsp3) is 0.562. The molecule has 0 aliphatic heterocycles. The number of aliphatic imine (C=N–C) groups is 1. The molecule has 1 unspecified atom stereocenters. The van der Waals surface area contributed by atoms with Crippen molar-refractivity contribution >= 4 is 16.8 Å². The normalized spacial score (nSPS) is 13.7. The Morgan fingerprint density at radius 1 is 1.27 bits per heavy atom. The number of ether oxygens (including phenoxy) is 1. The molecule has 1 rings (SSSR count). The molecular formula is C16H27N3O2S. The number of rotatable bonds is 8. The molecule has 0 aliphatic carbocycles. The molecule has 0 saturated heterocycles. The van der Waals surface area contributed by atoms with E-state index in [4.69, 9.17) is 4.74 Å². The molecule has 2 N–H and O–H groups in total. The fourth-order valence-corrected chi connectivity index (χ4v) is 2.61. The lowest BCUT2D eigenvalue weighted by Gasteiger charge is -2.21. The number of benzene rings is 1. The van der Waals surface area contributed by atoms with Crippen LogP contribution in [0.1, 0.15) is 20.8 Å². The van der Waals surface area contributed by atoms with Crippen LogP contribution in [-0.2, 0) is 15.5 Å². The molecule has 6 heteroatoms. The van der Waals surface area contributed by atoms with Crippen molar-refractivity contribution in [2.45, 2.75) is 31.3 Å². The molecule has 0 bridgehead atoms. The van der Waals surface area contributed by atoms with Gasteiger partial charge in [-0.3, -0.25) is 9.20 Å². The van der Waals surface area contributed by atoms with Crippen LogP contribution in [0.4, 0.5) is 0 Å². The van der Waals surface area contributed by atoms with Crippen LogP contribution in [0.2, 0.25) is 0 Å². The van der Waals surface area contributed by atoms with E-state index in [1.54, 1.807) is 7.11 Å². The van der Waals surface area contributed by atoms with Gasteiger partial charge in [-0.25, -0.2) is 0 Å². The first kappa shape index (κ1) is 18.6. The summed E-state index contributed by atoms with van der Waals surface area (Å²) in [6, 6.07) is 9.50. The van der Waals surface area contributed by atoms with Crippen LogP contribution in [0.3, 0.4) is 0 Å². The van der Waals surface area contributed by atoms with Gasteiger partial charge in [-0.05, 0) is 32.9 Å². The van der Waals surface area contributed by atoms with E-state index in [1.165, 1.54) is 0 Å². The Balaban J connectivity index is 2.47. The molecule has 0 fully saturated rings. The highest BCUT2D eigenvalue weighted by atomic mass is 32.2. The summed E-state index contributed by atoms with van der Waals surface area (Å²) in [7, 11) is 0.683. The van der Waals surface area contributed by atoms with E-state index < -0.39 is 10.8 Å². The second-order valence-electron chi connectivity index (χ2n) is 5.45. The lowest BCUT2D eigenvalue weighted by Crippen LogP contribution is -2.40. The zero-order valence-electron chi connectivity index (χ0n) is 13.9. The van der Waals surface area contributed by atoms with Crippen molar-refractivity contribution in [1.29, 1.82) is 0 Å². The van der Waals surface area contributed by atoms with Gasteiger partial charge in [-0.15, -0.1) is 0 Å². The van der Waals surface area contributed by atoms with E-state index in [1.807, 2.05) is 51.1 Å². The minimum atomic E-state index is -0.996. The van der Waals surface area contributed by atoms with Gasteiger partial charge in [0, 0.05) is 30.8 Å². The predicted molar refractivity (Wildman–Crippen MR) is 92.8 cm³/mol. The molecule has 0 amide bonds. The third-order valence-electron chi connectivity index (χ3n) is 3.10. The first-order valence-electron chi connectivity index (χ1n) is 7.49.